The lowest BCUT2D eigenvalue weighted by atomic mass is 10.0. The maximum Gasteiger partial charge on any atom is 0.153 e. The van der Waals surface area contributed by atoms with E-state index in [0.29, 0.717) is 12.0 Å². The van der Waals surface area contributed by atoms with Crippen molar-refractivity contribution in [1.82, 2.24) is 9.97 Å². The van der Waals surface area contributed by atoms with Gasteiger partial charge in [-0.1, -0.05) is 42.5 Å². The Bertz CT molecular complexity index is 715. The van der Waals surface area contributed by atoms with Gasteiger partial charge in [0.05, 0.1) is 5.56 Å². The molecule has 0 amide bonds. The highest BCUT2D eigenvalue weighted by molar-refractivity contribution is 5.85. The van der Waals surface area contributed by atoms with E-state index in [1.165, 1.54) is 16.3 Å². The number of benzene rings is 2. The third-order valence-electron chi connectivity index (χ3n) is 3.09. The summed E-state index contributed by atoms with van der Waals surface area (Å²) < 4.78 is 0. The maximum atomic E-state index is 10.6. The van der Waals surface area contributed by atoms with Crippen molar-refractivity contribution in [3.05, 3.63) is 71.8 Å². The predicted octanol–water partition coefficient (Wildman–Crippen LogP) is 3.03. The van der Waals surface area contributed by atoms with Gasteiger partial charge in [0, 0.05) is 18.8 Å². The largest absolute Gasteiger partial charge is 0.298 e. The highest BCUT2D eigenvalue weighted by atomic mass is 16.1. The quantitative estimate of drug-likeness (QED) is 0.669. The molecule has 2 aromatic carbocycles. The molecule has 0 bridgehead atoms. The minimum atomic E-state index is 0.502. The molecule has 92 valence electrons. The van der Waals surface area contributed by atoms with E-state index in [2.05, 4.69) is 34.2 Å². The van der Waals surface area contributed by atoms with E-state index in [9.17, 15) is 4.79 Å². The zero-order valence-corrected chi connectivity index (χ0v) is 10.3. The Morgan fingerprint density at radius 2 is 1.68 bits per heavy atom. The number of fused-ring (bicyclic) bond motifs is 1. The van der Waals surface area contributed by atoms with Gasteiger partial charge in [0.1, 0.15) is 5.82 Å². The van der Waals surface area contributed by atoms with E-state index >= 15 is 0 Å². The first kappa shape index (κ1) is 11.5. The number of hydrogen-bond acceptors (Lipinski definition) is 3. The van der Waals surface area contributed by atoms with Crippen LogP contribution in [0.2, 0.25) is 0 Å². The van der Waals surface area contributed by atoms with Gasteiger partial charge in [-0.2, -0.15) is 0 Å². The van der Waals surface area contributed by atoms with Gasteiger partial charge in [0.25, 0.3) is 0 Å². The fraction of sp³-hybridized carbons (Fsp3) is 0.0625. The number of aldehydes is 1. The van der Waals surface area contributed by atoms with Gasteiger partial charge >= 0.3 is 0 Å². The lowest BCUT2D eigenvalue weighted by Gasteiger charge is -2.05. The molecule has 0 radical (unpaired) electrons. The van der Waals surface area contributed by atoms with Crippen molar-refractivity contribution in [2.45, 2.75) is 6.42 Å². The van der Waals surface area contributed by atoms with E-state index in [0.717, 1.165) is 12.1 Å². The topological polar surface area (TPSA) is 42.9 Å². The Labute approximate surface area is 111 Å². The molecule has 0 atom stereocenters. The number of carbonyl (C=O) groups is 1. The molecule has 0 fully saturated rings. The molecule has 0 unspecified atom stereocenters. The SMILES string of the molecule is O=Cc1cnc(Cc2cccc3ccccc23)nc1. The van der Waals surface area contributed by atoms with Crippen molar-refractivity contribution >= 4 is 17.1 Å². The second kappa shape index (κ2) is 4.98. The molecule has 0 N–H and O–H groups in total. The van der Waals surface area contributed by atoms with Gasteiger partial charge in [-0.3, -0.25) is 4.79 Å². The summed E-state index contributed by atoms with van der Waals surface area (Å²) >= 11 is 0. The molecule has 19 heavy (non-hydrogen) atoms. The van der Waals surface area contributed by atoms with Gasteiger partial charge < -0.3 is 0 Å². The average molecular weight is 248 g/mol. The van der Waals surface area contributed by atoms with Crippen LogP contribution in [-0.4, -0.2) is 16.3 Å². The van der Waals surface area contributed by atoms with E-state index in [-0.39, 0.29) is 0 Å². The van der Waals surface area contributed by atoms with Crippen molar-refractivity contribution < 1.29 is 4.79 Å². The van der Waals surface area contributed by atoms with Crippen LogP contribution >= 0.6 is 0 Å². The molecule has 0 saturated heterocycles. The number of nitrogens with zero attached hydrogens (tertiary/aromatic N) is 2. The summed E-state index contributed by atoms with van der Waals surface area (Å²) in [5.41, 5.74) is 1.69. The van der Waals surface area contributed by atoms with Crippen LogP contribution in [0, 0.1) is 0 Å². The molecule has 1 aromatic heterocycles. The number of hydrogen-bond donors (Lipinski definition) is 0. The minimum absolute atomic E-state index is 0.502. The van der Waals surface area contributed by atoms with E-state index in [1.807, 2.05) is 18.2 Å². The van der Waals surface area contributed by atoms with Crippen molar-refractivity contribution in [1.29, 1.82) is 0 Å². The monoisotopic (exact) mass is 248 g/mol. The Hall–Kier alpha value is -2.55. The van der Waals surface area contributed by atoms with Crippen molar-refractivity contribution in [3.8, 4) is 0 Å². The van der Waals surface area contributed by atoms with Crippen molar-refractivity contribution in [2.75, 3.05) is 0 Å². The third-order valence-corrected chi connectivity index (χ3v) is 3.09. The standard InChI is InChI=1S/C16H12N2O/c19-11-12-9-17-16(18-10-12)8-14-6-3-5-13-4-1-2-7-15(13)14/h1-7,9-11H,8H2. The molecular formula is C16H12N2O. The first-order valence-corrected chi connectivity index (χ1v) is 6.09. The van der Waals surface area contributed by atoms with Crippen LogP contribution in [0.4, 0.5) is 0 Å². The zero-order valence-electron chi connectivity index (χ0n) is 10.3. The molecule has 3 heteroatoms. The summed E-state index contributed by atoms with van der Waals surface area (Å²) in [4.78, 5) is 19.0. The van der Waals surface area contributed by atoms with Gasteiger partial charge in [0.15, 0.2) is 6.29 Å². The lowest BCUT2D eigenvalue weighted by Crippen LogP contribution is -1.98. The van der Waals surface area contributed by atoms with Crippen LogP contribution in [0.5, 0.6) is 0 Å². The molecule has 3 nitrogen and oxygen atoms in total. The second-order valence-electron chi connectivity index (χ2n) is 4.37. The van der Waals surface area contributed by atoms with Crippen molar-refractivity contribution in [2.24, 2.45) is 0 Å². The highest BCUT2D eigenvalue weighted by Gasteiger charge is 2.03. The van der Waals surface area contributed by atoms with Crippen LogP contribution in [-0.2, 0) is 6.42 Å². The third kappa shape index (κ3) is 2.36. The first-order chi connectivity index (χ1) is 9.36. The predicted molar refractivity (Wildman–Crippen MR) is 74.2 cm³/mol. The molecule has 0 aliphatic carbocycles. The van der Waals surface area contributed by atoms with Crippen LogP contribution in [0.15, 0.2) is 54.9 Å². The normalized spacial score (nSPS) is 10.5. The van der Waals surface area contributed by atoms with Crippen LogP contribution in [0.3, 0.4) is 0 Å². The van der Waals surface area contributed by atoms with Crippen molar-refractivity contribution in [3.63, 3.8) is 0 Å². The molecule has 0 aliphatic heterocycles. The second-order valence-corrected chi connectivity index (χ2v) is 4.37. The van der Waals surface area contributed by atoms with Crippen LogP contribution in [0.25, 0.3) is 10.8 Å². The summed E-state index contributed by atoms with van der Waals surface area (Å²) in [6.07, 6.45) is 4.53. The molecule has 3 aromatic rings. The summed E-state index contributed by atoms with van der Waals surface area (Å²) in [6.45, 7) is 0. The Balaban J connectivity index is 1.98. The lowest BCUT2D eigenvalue weighted by molar-refractivity contribution is 0.112. The minimum Gasteiger partial charge on any atom is -0.298 e. The Morgan fingerprint density at radius 3 is 2.47 bits per heavy atom. The fourth-order valence-electron chi connectivity index (χ4n) is 2.13. The van der Waals surface area contributed by atoms with Gasteiger partial charge in [-0.25, -0.2) is 9.97 Å². The number of carbonyl (C=O) groups excluding carboxylic acids is 1. The summed E-state index contributed by atoms with van der Waals surface area (Å²) in [7, 11) is 0. The Kier molecular flexibility index (Phi) is 3.02. The van der Waals surface area contributed by atoms with E-state index < -0.39 is 0 Å². The highest BCUT2D eigenvalue weighted by Crippen LogP contribution is 2.20. The molecule has 0 saturated carbocycles. The molecule has 0 spiro atoms. The van der Waals surface area contributed by atoms with Crippen LogP contribution in [0.1, 0.15) is 21.7 Å². The summed E-state index contributed by atoms with van der Waals surface area (Å²) in [6, 6.07) is 14.5. The zero-order chi connectivity index (χ0) is 13.1. The van der Waals surface area contributed by atoms with Gasteiger partial charge in [0.2, 0.25) is 0 Å². The molecule has 3 rings (SSSR count). The molecular weight excluding hydrogens is 236 g/mol. The summed E-state index contributed by atoms with van der Waals surface area (Å²) in [5, 5.41) is 2.43. The number of aromatic nitrogens is 2. The molecule has 1 heterocycles. The maximum absolute atomic E-state index is 10.6. The van der Waals surface area contributed by atoms with E-state index in [4.69, 9.17) is 0 Å². The summed E-state index contributed by atoms with van der Waals surface area (Å²) in [5.74, 6) is 0.724. The fourth-order valence-corrected chi connectivity index (χ4v) is 2.13. The average Bonchev–Trinajstić information content (AvgIpc) is 2.48. The van der Waals surface area contributed by atoms with Crippen LogP contribution < -0.4 is 0 Å². The first-order valence-electron chi connectivity index (χ1n) is 6.09. The van der Waals surface area contributed by atoms with E-state index in [1.54, 1.807) is 12.4 Å². The Morgan fingerprint density at radius 1 is 0.947 bits per heavy atom. The molecule has 0 aliphatic rings. The number of rotatable bonds is 3. The van der Waals surface area contributed by atoms with Gasteiger partial charge in [-0.15, -0.1) is 0 Å². The van der Waals surface area contributed by atoms with Gasteiger partial charge in [-0.05, 0) is 16.3 Å². The smallest absolute Gasteiger partial charge is 0.153 e.